The summed E-state index contributed by atoms with van der Waals surface area (Å²) in [4.78, 5) is 23.8. The van der Waals surface area contributed by atoms with Crippen LogP contribution in [0.1, 0.15) is 0 Å². The summed E-state index contributed by atoms with van der Waals surface area (Å²) in [6, 6.07) is 10.8. The molecule has 0 spiro atoms. The van der Waals surface area contributed by atoms with Crippen LogP contribution in [0.3, 0.4) is 0 Å². The lowest BCUT2D eigenvalue weighted by Gasteiger charge is -2.16. The molecule has 10 heteroatoms. The van der Waals surface area contributed by atoms with Crippen molar-refractivity contribution in [1.82, 2.24) is 19.3 Å². The first-order valence-electron chi connectivity index (χ1n) is 8.63. The Labute approximate surface area is 171 Å². The van der Waals surface area contributed by atoms with Crippen molar-refractivity contribution in [2.45, 2.75) is 4.90 Å². The third-order valence-corrected chi connectivity index (χ3v) is 6.87. The number of rotatable bonds is 6. The fourth-order valence-corrected chi connectivity index (χ4v) is 4.68. The van der Waals surface area contributed by atoms with Gasteiger partial charge in [0.15, 0.2) is 5.13 Å². The molecule has 4 rings (SSSR count). The second kappa shape index (κ2) is 7.74. The molecule has 0 aliphatic heterocycles. The van der Waals surface area contributed by atoms with Gasteiger partial charge in [-0.05, 0) is 18.2 Å². The standard InChI is InChI=1S/C19H17N5O3S2/c1-24(29(26,27)13-5-4-8-20-9-13)11-18(25)23-19-22-17(12-28-19)15-10-21-16-7-3-2-6-14(15)16/h2-10,12,21H,11H2,1H3,(H,22,23,25). The zero-order chi connectivity index (χ0) is 20.4. The summed E-state index contributed by atoms with van der Waals surface area (Å²) >= 11 is 1.28. The molecule has 148 valence electrons. The molecule has 0 fully saturated rings. The van der Waals surface area contributed by atoms with Crippen molar-refractivity contribution >= 4 is 43.3 Å². The van der Waals surface area contributed by atoms with Crippen LogP contribution in [-0.2, 0) is 14.8 Å². The molecule has 8 nitrogen and oxygen atoms in total. The number of pyridine rings is 1. The number of thiazole rings is 1. The largest absolute Gasteiger partial charge is 0.360 e. The van der Waals surface area contributed by atoms with Gasteiger partial charge in [-0.1, -0.05) is 18.2 Å². The molecule has 0 unspecified atom stereocenters. The zero-order valence-electron chi connectivity index (χ0n) is 15.4. The summed E-state index contributed by atoms with van der Waals surface area (Å²) in [5, 5.41) is 5.96. The van der Waals surface area contributed by atoms with Gasteiger partial charge < -0.3 is 10.3 Å². The summed E-state index contributed by atoms with van der Waals surface area (Å²) < 4.78 is 26.0. The lowest BCUT2D eigenvalue weighted by atomic mass is 10.1. The summed E-state index contributed by atoms with van der Waals surface area (Å²) in [6.07, 6.45) is 4.61. The summed E-state index contributed by atoms with van der Waals surface area (Å²) in [6.45, 7) is -0.334. The average Bonchev–Trinajstić information content (AvgIpc) is 3.35. The quantitative estimate of drug-likeness (QED) is 0.492. The number of aromatic nitrogens is 3. The molecule has 3 aromatic heterocycles. The number of H-pyrrole nitrogens is 1. The number of hydrogen-bond donors (Lipinski definition) is 2. The van der Waals surface area contributed by atoms with Crippen molar-refractivity contribution < 1.29 is 13.2 Å². The number of hydrogen-bond acceptors (Lipinski definition) is 6. The molecular formula is C19H17N5O3S2. The first kappa shape index (κ1) is 19.2. The molecule has 1 aromatic carbocycles. The number of aromatic amines is 1. The minimum Gasteiger partial charge on any atom is -0.360 e. The van der Waals surface area contributed by atoms with Crippen LogP contribution in [0.25, 0.3) is 22.2 Å². The minimum atomic E-state index is -3.79. The number of para-hydroxylation sites is 1. The number of fused-ring (bicyclic) bond motifs is 1. The fourth-order valence-electron chi connectivity index (χ4n) is 2.86. The van der Waals surface area contributed by atoms with Gasteiger partial charge in [-0.15, -0.1) is 11.3 Å². The van der Waals surface area contributed by atoms with Crippen molar-refractivity contribution in [2.75, 3.05) is 18.9 Å². The van der Waals surface area contributed by atoms with Crippen LogP contribution in [0.15, 0.2) is 65.3 Å². The molecular weight excluding hydrogens is 410 g/mol. The normalized spacial score (nSPS) is 11.8. The van der Waals surface area contributed by atoms with Crippen LogP contribution in [0, 0.1) is 0 Å². The Hall–Kier alpha value is -3.08. The lowest BCUT2D eigenvalue weighted by Crippen LogP contribution is -2.35. The number of carbonyl (C=O) groups is 1. The van der Waals surface area contributed by atoms with E-state index in [1.807, 2.05) is 35.8 Å². The van der Waals surface area contributed by atoms with E-state index in [4.69, 9.17) is 0 Å². The molecule has 29 heavy (non-hydrogen) atoms. The van der Waals surface area contributed by atoms with E-state index in [1.54, 1.807) is 0 Å². The molecule has 0 atom stereocenters. The van der Waals surface area contributed by atoms with E-state index in [1.165, 1.54) is 42.9 Å². The predicted octanol–water partition coefficient (Wildman–Crippen LogP) is 2.95. The first-order valence-corrected chi connectivity index (χ1v) is 11.0. The van der Waals surface area contributed by atoms with Crippen molar-refractivity contribution in [3.63, 3.8) is 0 Å². The highest BCUT2D eigenvalue weighted by Gasteiger charge is 2.23. The predicted molar refractivity (Wildman–Crippen MR) is 112 cm³/mol. The van der Waals surface area contributed by atoms with Gasteiger partial charge in [-0.2, -0.15) is 4.31 Å². The van der Waals surface area contributed by atoms with E-state index in [9.17, 15) is 13.2 Å². The van der Waals surface area contributed by atoms with Crippen LogP contribution in [0.2, 0.25) is 0 Å². The SMILES string of the molecule is CN(CC(=O)Nc1nc(-c2c[nH]c3ccccc23)cs1)S(=O)(=O)c1cccnc1. The highest BCUT2D eigenvalue weighted by Crippen LogP contribution is 2.30. The van der Waals surface area contributed by atoms with Crippen molar-refractivity contribution in [3.8, 4) is 11.3 Å². The third-order valence-electron chi connectivity index (χ3n) is 4.32. The second-order valence-corrected chi connectivity index (χ2v) is 9.19. The number of likely N-dealkylation sites (N-methyl/N-ethyl adjacent to an activating group) is 1. The fraction of sp³-hybridized carbons (Fsp3) is 0.105. The maximum absolute atomic E-state index is 12.5. The van der Waals surface area contributed by atoms with E-state index < -0.39 is 15.9 Å². The average molecular weight is 428 g/mol. The van der Waals surface area contributed by atoms with Crippen LogP contribution in [0.5, 0.6) is 0 Å². The Bertz CT molecular complexity index is 1270. The van der Waals surface area contributed by atoms with E-state index >= 15 is 0 Å². The Morgan fingerprint density at radius 3 is 2.86 bits per heavy atom. The number of anilines is 1. The molecule has 0 aliphatic rings. The van der Waals surface area contributed by atoms with Crippen molar-refractivity contribution in [3.05, 3.63) is 60.4 Å². The molecule has 0 saturated carbocycles. The Morgan fingerprint density at radius 2 is 2.07 bits per heavy atom. The maximum Gasteiger partial charge on any atom is 0.244 e. The highest BCUT2D eigenvalue weighted by atomic mass is 32.2. The molecule has 0 radical (unpaired) electrons. The zero-order valence-corrected chi connectivity index (χ0v) is 17.0. The Kier molecular flexibility index (Phi) is 5.14. The van der Waals surface area contributed by atoms with Crippen molar-refractivity contribution in [2.24, 2.45) is 0 Å². The van der Waals surface area contributed by atoms with E-state index in [0.717, 1.165) is 26.5 Å². The van der Waals surface area contributed by atoms with Gasteiger partial charge in [0.2, 0.25) is 15.9 Å². The maximum atomic E-state index is 12.5. The summed E-state index contributed by atoms with van der Waals surface area (Å²) in [5.41, 5.74) is 2.68. The van der Waals surface area contributed by atoms with Gasteiger partial charge in [-0.3, -0.25) is 9.78 Å². The number of amides is 1. The van der Waals surface area contributed by atoms with E-state index in [-0.39, 0.29) is 11.4 Å². The van der Waals surface area contributed by atoms with Crippen LogP contribution in [0.4, 0.5) is 5.13 Å². The number of sulfonamides is 1. The minimum absolute atomic E-state index is 0.0335. The Morgan fingerprint density at radius 1 is 1.24 bits per heavy atom. The van der Waals surface area contributed by atoms with Crippen molar-refractivity contribution in [1.29, 1.82) is 0 Å². The first-order chi connectivity index (χ1) is 13.9. The van der Waals surface area contributed by atoms with E-state index in [0.29, 0.717) is 5.13 Å². The third kappa shape index (κ3) is 3.90. The smallest absolute Gasteiger partial charge is 0.244 e. The van der Waals surface area contributed by atoms with Gasteiger partial charge in [-0.25, -0.2) is 13.4 Å². The number of carbonyl (C=O) groups excluding carboxylic acids is 1. The molecule has 1 amide bonds. The monoisotopic (exact) mass is 427 g/mol. The summed E-state index contributed by atoms with van der Waals surface area (Å²) in [5.74, 6) is -0.472. The topological polar surface area (TPSA) is 108 Å². The molecule has 3 heterocycles. The van der Waals surface area contributed by atoms with E-state index in [2.05, 4.69) is 20.3 Å². The molecule has 0 bridgehead atoms. The number of nitrogens with zero attached hydrogens (tertiary/aromatic N) is 3. The van der Waals surface area contributed by atoms with Crippen LogP contribution in [-0.4, -0.2) is 47.2 Å². The van der Waals surface area contributed by atoms with Crippen LogP contribution >= 0.6 is 11.3 Å². The highest BCUT2D eigenvalue weighted by molar-refractivity contribution is 7.89. The molecule has 2 N–H and O–H groups in total. The van der Waals surface area contributed by atoms with Gasteiger partial charge in [0.25, 0.3) is 0 Å². The number of nitrogens with one attached hydrogen (secondary N) is 2. The number of benzene rings is 1. The molecule has 0 aliphatic carbocycles. The van der Waals surface area contributed by atoms with Gasteiger partial charge >= 0.3 is 0 Å². The Balaban J connectivity index is 1.46. The molecule has 0 saturated heterocycles. The summed E-state index contributed by atoms with van der Waals surface area (Å²) in [7, 11) is -2.44. The van der Waals surface area contributed by atoms with Gasteiger partial charge in [0, 0.05) is 47.5 Å². The van der Waals surface area contributed by atoms with Crippen LogP contribution < -0.4 is 5.32 Å². The van der Waals surface area contributed by atoms with Gasteiger partial charge in [0.05, 0.1) is 12.2 Å². The second-order valence-electron chi connectivity index (χ2n) is 6.28. The lowest BCUT2D eigenvalue weighted by molar-refractivity contribution is -0.116. The molecule has 4 aromatic rings. The van der Waals surface area contributed by atoms with Gasteiger partial charge in [0.1, 0.15) is 4.90 Å².